The molecule has 2 bridgehead atoms. The van der Waals surface area contributed by atoms with Crippen LogP contribution in [0, 0.1) is 17.3 Å². The zero-order valence-corrected chi connectivity index (χ0v) is 18.5. The van der Waals surface area contributed by atoms with E-state index >= 15 is 0 Å². The van der Waals surface area contributed by atoms with E-state index in [0.717, 1.165) is 56.3 Å². The number of carbonyl (C=O) groups is 1. The lowest BCUT2D eigenvalue weighted by Gasteiger charge is -2.49. The Kier molecular flexibility index (Phi) is 5.19. The molecule has 4 fully saturated rings. The minimum absolute atomic E-state index is 0.0718. The van der Waals surface area contributed by atoms with Gasteiger partial charge in [0, 0.05) is 17.0 Å². The number of methoxy groups -OCH3 is 1. The first kappa shape index (κ1) is 20.1. The van der Waals surface area contributed by atoms with E-state index < -0.39 is 5.41 Å². The highest BCUT2D eigenvalue weighted by Crippen LogP contribution is 2.55. The topological polar surface area (TPSA) is 52.3 Å². The van der Waals surface area contributed by atoms with Crippen LogP contribution in [0.4, 0.5) is 0 Å². The minimum Gasteiger partial charge on any atom is -0.469 e. The van der Waals surface area contributed by atoms with Gasteiger partial charge in [0.1, 0.15) is 11.5 Å². The summed E-state index contributed by atoms with van der Waals surface area (Å²) in [6.45, 7) is 0. The molecular formula is C24H25Cl2NO3. The molecule has 4 nitrogen and oxygen atoms in total. The van der Waals surface area contributed by atoms with Crippen LogP contribution < -0.4 is 0 Å². The van der Waals surface area contributed by atoms with Gasteiger partial charge in [0.25, 0.3) is 0 Å². The molecule has 0 aliphatic heterocycles. The molecule has 6 heteroatoms. The molecule has 1 heterocycles. The largest absolute Gasteiger partial charge is 0.469 e. The third-order valence-corrected chi connectivity index (χ3v) is 7.92. The molecule has 158 valence electrons. The number of allylic oxidation sites excluding steroid dienone is 1. The van der Waals surface area contributed by atoms with Gasteiger partial charge in [-0.1, -0.05) is 46.6 Å². The number of benzene rings is 1. The van der Waals surface area contributed by atoms with Crippen molar-refractivity contribution in [1.29, 1.82) is 0 Å². The van der Waals surface area contributed by atoms with E-state index in [2.05, 4.69) is 17.3 Å². The Hall–Kier alpha value is -1.78. The fourth-order valence-corrected chi connectivity index (χ4v) is 6.01. The second kappa shape index (κ2) is 7.72. The standard InChI is InChI=1S/C24H25Cl2NO3/c1-29-23(28)24-11-9-14(10-12-24)13-16(24)7-8-17-21(27-30-22(17)15-5-6-15)20-18(25)3-2-4-19(20)26/h2-4,7-8,14-16H,5-6,9-13H2,1H3. The normalized spacial score (nSPS) is 28.2. The Morgan fingerprint density at radius 1 is 1.20 bits per heavy atom. The first-order chi connectivity index (χ1) is 14.5. The highest BCUT2D eigenvalue weighted by molar-refractivity contribution is 6.39. The minimum atomic E-state index is -0.404. The van der Waals surface area contributed by atoms with Crippen LogP contribution in [-0.4, -0.2) is 18.2 Å². The van der Waals surface area contributed by atoms with Gasteiger partial charge >= 0.3 is 5.97 Å². The first-order valence-electron chi connectivity index (χ1n) is 10.7. The van der Waals surface area contributed by atoms with E-state index in [-0.39, 0.29) is 11.9 Å². The van der Waals surface area contributed by atoms with Gasteiger partial charge in [-0.3, -0.25) is 4.79 Å². The van der Waals surface area contributed by atoms with Crippen molar-refractivity contribution in [3.05, 3.63) is 45.6 Å². The molecular weight excluding hydrogens is 421 g/mol. The molecule has 0 saturated heterocycles. The van der Waals surface area contributed by atoms with Crippen molar-refractivity contribution in [1.82, 2.24) is 5.16 Å². The van der Waals surface area contributed by atoms with Gasteiger partial charge in [0.15, 0.2) is 0 Å². The second-order valence-corrected chi connectivity index (χ2v) is 9.79. The molecule has 2 aromatic rings. The smallest absolute Gasteiger partial charge is 0.312 e. The van der Waals surface area contributed by atoms with E-state index in [4.69, 9.17) is 32.5 Å². The fraction of sp³-hybridized carbons (Fsp3) is 0.500. The summed E-state index contributed by atoms with van der Waals surface area (Å²) < 4.78 is 11.0. The third-order valence-electron chi connectivity index (χ3n) is 7.29. The highest BCUT2D eigenvalue weighted by Gasteiger charge is 2.52. The molecule has 1 aromatic heterocycles. The van der Waals surface area contributed by atoms with Gasteiger partial charge < -0.3 is 9.26 Å². The van der Waals surface area contributed by atoms with E-state index in [1.165, 1.54) is 7.11 Å². The van der Waals surface area contributed by atoms with E-state index in [0.29, 0.717) is 33.1 Å². The van der Waals surface area contributed by atoms with Crippen molar-refractivity contribution in [2.45, 2.75) is 50.9 Å². The van der Waals surface area contributed by atoms with Gasteiger partial charge in [-0.25, -0.2) is 0 Å². The summed E-state index contributed by atoms with van der Waals surface area (Å²) in [6, 6.07) is 5.45. The molecule has 0 amide bonds. The third kappa shape index (κ3) is 3.29. The predicted octanol–water partition coefficient (Wildman–Crippen LogP) is 6.91. The average molecular weight is 446 g/mol. The summed E-state index contributed by atoms with van der Waals surface area (Å²) in [4.78, 5) is 12.8. The summed E-state index contributed by atoms with van der Waals surface area (Å²) in [7, 11) is 1.50. The Morgan fingerprint density at radius 3 is 2.53 bits per heavy atom. The number of rotatable bonds is 5. The molecule has 6 rings (SSSR count). The van der Waals surface area contributed by atoms with Crippen LogP contribution in [0.3, 0.4) is 0 Å². The van der Waals surface area contributed by atoms with Gasteiger partial charge in [-0.2, -0.15) is 0 Å². The van der Waals surface area contributed by atoms with Crippen molar-refractivity contribution in [3.63, 3.8) is 0 Å². The van der Waals surface area contributed by atoms with Crippen LogP contribution >= 0.6 is 23.2 Å². The lowest BCUT2D eigenvalue weighted by molar-refractivity contribution is -0.163. The molecule has 0 N–H and O–H groups in total. The molecule has 30 heavy (non-hydrogen) atoms. The number of nitrogens with zero attached hydrogens (tertiary/aromatic N) is 1. The number of hydrogen-bond acceptors (Lipinski definition) is 4. The maximum atomic E-state index is 12.8. The SMILES string of the molecule is COC(=O)C12CCC(CC1)CC2C=Cc1c(-c2c(Cl)cccc2Cl)noc1C1CC1. The predicted molar refractivity (Wildman–Crippen MR) is 117 cm³/mol. The van der Waals surface area contributed by atoms with Gasteiger partial charge in [0.2, 0.25) is 0 Å². The summed E-state index contributed by atoms with van der Waals surface area (Å²) in [5.41, 5.74) is 1.91. The molecule has 4 saturated carbocycles. The molecule has 1 aromatic carbocycles. The Morgan fingerprint density at radius 2 is 1.90 bits per heavy atom. The Labute approximate surface area is 186 Å². The molecule has 4 aliphatic rings. The maximum absolute atomic E-state index is 12.8. The van der Waals surface area contributed by atoms with Gasteiger partial charge in [-0.05, 0) is 68.9 Å². The molecule has 1 atom stereocenters. The number of esters is 1. The van der Waals surface area contributed by atoms with E-state index in [1.807, 2.05) is 18.2 Å². The quantitative estimate of drug-likeness (QED) is 0.469. The van der Waals surface area contributed by atoms with Crippen molar-refractivity contribution in [2.75, 3.05) is 7.11 Å². The maximum Gasteiger partial charge on any atom is 0.312 e. The number of hydrogen-bond donors (Lipinski definition) is 0. The molecule has 4 aliphatic carbocycles. The number of aromatic nitrogens is 1. The summed E-state index contributed by atoms with van der Waals surface area (Å²) >= 11 is 12.9. The Balaban J connectivity index is 1.55. The molecule has 0 spiro atoms. The van der Waals surface area contributed by atoms with Crippen molar-refractivity contribution < 1.29 is 14.1 Å². The van der Waals surface area contributed by atoms with Crippen molar-refractivity contribution in [2.24, 2.45) is 17.3 Å². The van der Waals surface area contributed by atoms with Crippen molar-refractivity contribution in [3.8, 4) is 11.3 Å². The first-order valence-corrected chi connectivity index (χ1v) is 11.5. The van der Waals surface area contributed by atoms with Gasteiger partial charge in [-0.15, -0.1) is 0 Å². The summed E-state index contributed by atoms with van der Waals surface area (Å²) in [5.74, 6) is 2.07. The average Bonchev–Trinajstić information content (AvgIpc) is 3.53. The van der Waals surface area contributed by atoms with E-state index in [1.54, 1.807) is 0 Å². The van der Waals surface area contributed by atoms with Crippen LogP contribution in [0.2, 0.25) is 10.0 Å². The molecule has 0 radical (unpaired) electrons. The molecule has 1 unspecified atom stereocenters. The highest BCUT2D eigenvalue weighted by atomic mass is 35.5. The Bertz CT molecular complexity index is 980. The van der Waals surface area contributed by atoms with Crippen LogP contribution in [0.1, 0.15) is 62.2 Å². The van der Waals surface area contributed by atoms with Crippen molar-refractivity contribution >= 4 is 35.2 Å². The fourth-order valence-electron chi connectivity index (χ4n) is 5.43. The van der Waals surface area contributed by atoms with Gasteiger partial charge in [0.05, 0.1) is 22.6 Å². The lowest BCUT2D eigenvalue weighted by atomic mass is 9.55. The number of carbonyl (C=O) groups excluding carboxylic acids is 1. The summed E-state index contributed by atoms with van der Waals surface area (Å²) in [6.07, 6.45) is 11.5. The van der Waals surface area contributed by atoms with Crippen LogP contribution in [0.5, 0.6) is 0 Å². The monoisotopic (exact) mass is 445 g/mol. The summed E-state index contributed by atoms with van der Waals surface area (Å²) in [5, 5.41) is 5.47. The number of ether oxygens (including phenoxy) is 1. The zero-order valence-electron chi connectivity index (χ0n) is 17.0. The number of halogens is 2. The van der Waals surface area contributed by atoms with Crippen LogP contribution in [0.25, 0.3) is 17.3 Å². The van der Waals surface area contributed by atoms with E-state index in [9.17, 15) is 4.79 Å². The second-order valence-electron chi connectivity index (χ2n) is 8.97. The lowest BCUT2D eigenvalue weighted by Crippen LogP contribution is -2.47. The van der Waals surface area contributed by atoms with Crippen LogP contribution in [-0.2, 0) is 9.53 Å². The zero-order chi connectivity index (χ0) is 20.9. The number of fused-ring (bicyclic) bond motifs is 3. The van der Waals surface area contributed by atoms with Crippen LogP contribution in [0.15, 0.2) is 28.8 Å².